The van der Waals surface area contributed by atoms with E-state index in [1.165, 1.54) is 58.0 Å². The molecular formula is C16H33N3. The molecule has 0 aromatic carbocycles. The molecule has 112 valence electrons. The summed E-state index contributed by atoms with van der Waals surface area (Å²) in [5.41, 5.74) is 6.56. The number of nitrogens with two attached hydrogens (primary N) is 1. The molecule has 3 unspecified atom stereocenters. The van der Waals surface area contributed by atoms with Gasteiger partial charge in [0.25, 0.3) is 0 Å². The molecule has 0 aromatic heterocycles. The first-order valence-corrected chi connectivity index (χ1v) is 8.30. The first-order chi connectivity index (χ1) is 9.13. The molecule has 2 heterocycles. The van der Waals surface area contributed by atoms with Crippen LogP contribution in [0.2, 0.25) is 0 Å². The Labute approximate surface area is 119 Å². The number of piperidine rings is 1. The predicted octanol–water partition coefficient (Wildman–Crippen LogP) is 2.45. The third kappa shape index (κ3) is 3.14. The average Bonchev–Trinajstić information content (AvgIpc) is 2.67. The highest BCUT2D eigenvalue weighted by Gasteiger charge is 2.43. The fourth-order valence-corrected chi connectivity index (χ4v) is 4.20. The number of rotatable bonds is 3. The van der Waals surface area contributed by atoms with Crippen molar-refractivity contribution in [3.8, 4) is 0 Å². The SMILES string of the molecule is CCC1CCCCCN1C1(CN)CCN(C)C(C)C1. The zero-order chi connectivity index (χ0) is 13.9. The van der Waals surface area contributed by atoms with Crippen LogP contribution in [0.5, 0.6) is 0 Å². The van der Waals surface area contributed by atoms with Crippen molar-refractivity contribution in [3.63, 3.8) is 0 Å². The lowest BCUT2D eigenvalue weighted by molar-refractivity contribution is -0.0163. The van der Waals surface area contributed by atoms with E-state index in [0.717, 1.165) is 12.6 Å². The first kappa shape index (κ1) is 15.3. The Morgan fingerprint density at radius 3 is 2.63 bits per heavy atom. The monoisotopic (exact) mass is 267 g/mol. The summed E-state index contributed by atoms with van der Waals surface area (Å²) in [7, 11) is 2.25. The van der Waals surface area contributed by atoms with E-state index >= 15 is 0 Å². The van der Waals surface area contributed by atoms with Crippen LogP contribution in [0.25, 0.3) is 0 Å². The summed E-state index contributed by atoms with van der Waals surface area (Å²) in [6.07, 6.45) is 9.34. The van der Waals surface area contributed by atoms with Crippen LogP contribution in [0, 0.1) is 0 Å². The zero-order valence-electron chi connectivity index (χ0n) is 13.2. The van der Waals surface area contributed by atoms with Crippen molar-refractivity contribution in [1.82, 2.24) is 9.80 Å². The van der Waals surface area contributed by atoms with Crippen molar-refractivity contribution < 1.29 is 0 Å². The van der Waals surface area contributed by atoms with E-state index in [1.54, 1.807) is 0 Å². The van der Waals surface area contributed by atoms with Crippen molar-refractivity contribution in [1.29, 1.82) is 0 Å². The highest BCUT2D eigenvalue weighted by atomic mass is 15.3. The van der Waals surface area contributed by atoms with E-state index in [1.807, 2.05) is 0 Å². The number of nitrogens with zero attached hydrogens (tertiary/aromatic N) is 2. The van der Waals surface area contributed by atoms with Gasteiger partial charge in [-0.2, -0.15) is 0 Å². The van der Waals surface area contributed by atoms with Crippen LogP contribution in [0.15, 0.2) is 0 Å². The van der Waals surface area contributed by atoms with Crippen molar-refractivity contribution in [2.24, 2.45) is 5.73 Å². The highest BCUT2D eigenvalue weighted by Crippen LogP contribution is 2.36. The van der Waals surface area contributed by atoms with Gasteiger partial charge in [-0.1, -0.05) is 19.8 Å². The summed E-state index contributed by atoms with van der Waals surface area (Å²) in [6.45, 7) is 8.02. The maximum Gasteiger partial charge on any atom is 0.0361 e. The van der Waals surface area contributed by atoms with Crippen molar-refractivity contribution >= 4 is 0 Å². The maximum absolute atomic E-state index is 6.28. The first-order valence-electron chi connectivity index (χ1n) is 8.30. The van der Waals surface area contributed by atoms with Gasteiger partial charge < -0.3 is 10.6 Å². The van der Waals surface area contributed by atoms with Crippen molar-refractivity contribution in [3.05, 3.63) is 0 Å². The topological polar surface area (TPSA) is 32.5 Å². The van der Waals surface area contributed by atoms with Crippen LogP contribution in [-0.4, -0.2) is 54.1 Å². The second kappa shape index (κ2) is 6.55. The number of likely N-dealkylation sites (tertiary alicyclic amines) is 2. The normalized spacial score (nSPS) is 39.2. The Morgan fingerprint density at radius 2 is 2.00 bits per heavy atom. The minimum Gasteiger partial charge on any atom is -0.329 e. The summed E-state index contributed by atoms with van der Waals surface area (Å²) >= 11 is 0. The van der Waals surface area contributed by atoms with Gasteiger partial charge in [-0.05, 0) is 59.2 Å². The molecule has 3 atom stereocenters. The smallest absolute Gasteiger partial charge is 0.0361 e. The minimum atomic E-state index is 0.275. The average molecular weight is 267 g/mol. The molecule has 3 nitrogen and oxygen atoms in total. The van der Waals surface area contributed by atoms with Gasteiger partial charge in [0, 0.05) is 24.2 Å². The van der Waals surface area contributed by atoms with Gasteiger partial charge >= 0.3 is 0 Å². The van der Waals surface area contributed by atoms with E-state index in [9.17, 15) is 0 Å². The molecule has 0 amide bonds. The lowest BCUT2D eigenvalue weighted by Gasteiger charge is -2.52. The fraction of sp³-hybridized carbons (Fsp3) is 1.00. The standard InChI is InChI=1S/C16H33N3/c1-4-15-8-6-5-7-10-19(15)16(13-17)9-11-18(3)14(2)12-16/h14-15H,4-13,17H2,1-3H3. The minimum absolute atomic E-state index is 0.275. The van der Waals surface area contributed by atoms with Crippen LogP contribution < -0.4 is 5.73 Å². The quantitative estimate of drug-likeness (QED) is 0.852. The fourth-order valence-electron chi connectivity index (χ4n) is 4.20. The van der Waals surface area contributed by atoms with E-state index in [-0.39, 0.29) is 5.54 Å². The van der Waals surface area contributed by atoms with Crippen LogP contribution in [0.4, 0.5) is 0 Å². The second-order valence-electron chi connectivity index (χ2n) is 6.82. The van der Waals surface area contributed by atoms with E-state index in [0.29, 0.717) is 6.04 Å². The summed E-state index contributed by atoms with van der Waals surface area (Å²) in [6, 6.07) is 1.43. The Kier molecular flexibility index (Phi) is 5.27. The lowest BCUT2D eigenvalue weighted by atomic mass is 9.80. The molecule has 0 aromatic rings. The number of hydrogen-bond donors (Lipinski definition) is 1. The summed E-state index contributed by atoms with van der Waals surface area (Å²) in [5, 5.41) is 0. The molecule has 2 aliphatic heterocycles. The van der Waals surface area contributed by atoms with Gasteiger partial charge in [0.05, 0.1) is 0 Å². The molecular weight excluding hydrogens is 234 g/mol. The van der Waals surface area contributed by atoms with Gasteiger partial charge in [0.2, 0.25) is 0 Å². The molecule has 0 radical (unpaired) electrons. The van der Waals surface area contributed by atoms with Gasteiger partial charge in [0.1, 0.15) is 0 Å². The molecule has 19 heavy (non-hydrogen) atoms. The number of hydrogen-bond acceptors (Lipinski definition) is 3. The van der Waals surface area contributed by atoms with Gasteiger partial charge in [0.15, 0.2) is 0 Å². The molecule has 3 heteroatoms. The molecule has 0 bridgehead atoms. The van der Waals surface area contributed by atoms with Crippen LogP contribution >= 0.6 is 0 Å². The van der Waals surface area contributed by atoms with E-state index in [2.05, 4.69) is 30.7 Å². The van der Waals surface area contributed by atoms with Crippen LogP contribution in [0.3, 0.4) is 0 Å². The van der Waals surface area contributed by atoms with E-state index in [4.69, 9.17) is 5.73 Å². The molecule has 2 saturated heterocycles. The Morgan fingerprint density at radius 1 is 1.21 bits per heavy atom. The summed E-state index contributed by atoms with van der Waals surface area (Å²) < 4.78 is 0. The molecule has 0 saturated carbocycles. The van der Waals surface area contributed by atoms with Gasteiger partial charge in [-0.25, -0.2) is 0 Å². The zero-order valence-corrected chi connectivity index (χ0v) is 13.2. The highest BCUT2D eigenvalue weighted by molar-refractivity contribution is 5.01. The molecule has 2 N–H and O–H groups in total. The summed E-state index contributed by atoms with van der Waals surface area (Å²) in [4.78, 5) is 5.32. The molecule has 2 fully saturated rings. The second-order valence-corrected chi connectivity index (χ2v) is 6.82. The molecule has 0 spiro atoms. The Balaban J connectivity index is 2.18. The third-order valence-electron chi connectivity index (χ3n) is 5.70. The van der Waals surface area contributed by atoms with Gasteiger partial charge in [-0.3, -0.25) is 4.90 Å². The van der Waals surface area contributed by atoms with E-state index < -0.39 is 0 Å². The van der Waals surface area contributed by atoms with Gasteiger partial charge in [-0.15, -0.1) is 0 Å². The van der Waals surface area contributed by atoms with Crippen molar-refractivity contribution in [2.75, 3.05) is 26.7 Å². The molecule has 0 aliphatic carbocycles. The van der Waals surface area contributed by atoms with Crippen LogP contribution in [-0.2, 0) is 0 Å². The summed E-state index contributed by atoms with van der Waals surface area (Å²) in [5.74, 6) is 0. The molecule has 2 rings (SSSR count). The molecule has 2 aliphatic rings. The third-order valence-corrected chi connectivity index (χ3v) is 5.70. The van der Waals surface area contributed by atoms with Crippen molar-refractivity contribution in [2.45, 2.75) is 76.4 Å². The van der Waals surface area contributed by atoms with Crippen LogP contribution in [0.1, 0.15) is 58.8 Å². The lowest BCUT2D eigenvalue weighted by Crippen LogP contribution is -2.63. The maximum atomic E-state index is 6.28. The Bertz CT molecular complexity index is 281. The Hall–Kier alpha value is -0.120. The largest absolute Gasteiger partial charge is 0.329 e. The predicted molar refractivity (Wildman–Crippen MR) is 82.4 cm³/mol.